The van der Waals surface area contributed by atoms with Gasteiger partial charge in [-0.1, -0.05) is 30.3 Å². The van der Waals surface area contributed by atoms with Gasteiger partial charge in [-0.25, -0.2) is 0 Å². The number of methoxy groups -OCH3 is 3. The fourth-order valence-electron chi connectivity index (χ4n) is 2.52. The van der Waals surface area contributed by atoms with E-state index in [1.807, 2.05) is 30.3 Å². The van der Waals surface area contributed by atoms with Crippen molar-refractivity contribution in [3.05, 3.63) is 53.6 Å². The molecular formula is C19H22ClNO4. The predicted octanol–water partition coefficient (Wildman–Crippen LogP) is 3.59. The van der Waals surface area contributed by atoms with Crippen molar-refractivity contribution in [2.24, 2.45) is 0 Å². The number of carbonyl (C=O) groups is 1. The molecule has 0 heterocycles. The van der Waals surface area contributed by atoms with E-state index in [4.69, 9.17) is 25.8 Å². The zero-order valence-electron chi connectivity index (χ0n) is 14.6. The van der Waals surface area contributed by atoms with Crippen molar-refractivity contribution < 1.29 is 19.0 Å². The van der Waals surface area contributed by atoms with Crippen molar-refractivity contribution in [3.63, 3.8) is 0 Å². The van der Waals surface area contributed by atoms with Crippen molar-refractivity contribution in [1.82, 2.24) is 4.90 Å². The minimum absolute atomic E-state index is 0.178. The summed E-state index contributed by atoms with van der Waals surface area (Å²) in [6, 6.07) is 13.0. The first-order valence-electron chi connectivity index (χ1n) is 7.83. The molecule has 2 rings (SSSR count). The molecule has 0 radical (unpaired) electrons. The lowest BCUT2D eigenvalue weighted by Crippen LogP contribution is -2.32. The summed E-state index contributed by atoms with van der Waals surface area (Å²) in [5.41, 5.74) is 1.43. The smallest absolute Gasteiger partial charge is 0.258 e. The van der Waals surface area contributed by atoms with E-state index in [1.165, 1.54) is 21.3 Å². The van der Waals surface area contributed by atoms with Crippen LogP contribution in [0.1, 0.15) is 15.9 Å². The fraction of sp³-hybridized carbons (Fsp3) is 0.316. The maximum atomic E-state index is 13.1. The predicted molar refractivity (Wildman–Crippen MR) is 98.0 cm³/mol. The summed E-state index contributed by atoms with van der Waals surface area (Å²) < 4.78 is 15.9. The summed E-state index contributed by atoms with van der Waals surface area (Å²) in [7, 11) is 4.58. The van der Waals surface area contributed by atoms with E-state index in [0.29, 0.717) is 41.8 Å². The van der Waals surface area contributed by atoms with Gasteiger partial charge in [-0.3, -0.25) is 4.79 Å². The molecule has 6 heteroatoms. The first kappa shape index (κ1) is 18.9. The molecule has 0 bridgehead atoms. The van der Waals surface area contributed by atoms with Crippen molar-refractivity contribution in [1.29, 1.82) is 0 Å². The molecule has 0 aliphatic rings. The number of hydrogen-bond acceptors (Lipinski definition) is 4. The lowest BCUT2D eigenvalue weighted by Gasteiger charge is -2.23. The number of carbonyl (C=O) groups excluding carboxylic acids is 1. The van der Waals surface area contributed by atoms with Gasteiger partial charge in [0.2, 0.25) is 0 Å². The molecule has 25 heavy (non-hydrogen) atoms. The minimum atomic E-state index is -0.178. The molecule has 0 fully saturated rings. The summed E-state index contributed by atoms with van der Waals surface area (Å²) in [6.07, 6.45) is 0. The van der Waals surface area contributed by atoms with Crippen LogP contribution < -0.4 is 14.2 Å². The van der Waals surface area contributed by atoms with Gasteiger partial charge in [-0.15, -0.1) is 11.6 Å². The molecular weight excluding hydrogens is 342 g/mol. The molecule has 134 valence electrons. The highest BCUT2D eigenvalue weighted by Gasteiger charge is 2.22. The number of alkyl halides is 1. The number of benzene rings is 2. The second-order valence-corrected chi connectivity index (χ2v) is 5.69. The number of amides is 1. The largest absolute Gasteiger partial charge is 0.496 e. The molecule has 0 spiro atoms. The van der Waals surface area contributed by atoms with E-state index in [2.05, 4.69) is 0 Å². The highest BCUT2D eigenvalue weighted by molar-refractivity contribution is 6.18. The summed E-state index contributed by atoms with van der Waals surface area (Å²) in [5, 5.41) is 0. The Hall–Kier alpha value is -2.40. The molecule has 5 nitrogen and oxygen atoms in total. The van der Waals surface area contributed by atoms with Gasteiger partial charge in [0.05, 0.1) is 26.9 Å². The van der Waals surface area contributed by atoms with Gasteiger partial charge in [0.25, 0.3) is 5.91 Å². The van der Waals surface area contributed by atoms with Crippen LogP contribution in [0.5, 0.6) is 17.2 Å². The summed E-state index contributed by atoms with van der Waals surface area (Å²) in [5.74, 6) is 1.56. The SMILES string of the molecule is COc1cc(OC)c(C(=O)N(CCCl)Cc2ccccc2)cc1OC. The van der Waals surface area contributed by atoms with E-state index < -0.39 is 0 Å². The van der Waals surface area contributed by atoms with E-state index in [9.17, 15) is 4.79 Å². The van der Waals surface area contributed by atoms with Crippen LogP contribution in [0, 0.1) is 0 Å². The van der Waals surface area contributed by atoms with Crippen LogP contribution in [0.2, 0.25) is 0 Å². The van der Waals surface area contributed by atoms with Crippen LogP contribution in [0.4, 0.5) is 0 Å². The van der Waals surface area contributed by atoms with Gasteiger partial charge in [0.15, 0.2) is 11.5 Å². The summed E-state index contributed by atoms with van der Waals surface area (Å²) in [6.45, 7) is 0.886. The molecule has 0 aliphatic heterocycles. The standard InChI is InChI=1S/C19H22ClNO4/c1-23-16-12-18(25-3)17(24-2)11-15(16)19(22)21(10-9-20)13-14-7-5-4-6-8-14/h4-8,11-12H,9-10,13H2,1-3H3. The average Bonchev–Trinajstić information content (AvgIpc) is 2.66. The summed E-state index contributed by atoms with van der Waals surface area (Å²) in [4.78, 5) is 14.8. The monoisotopic (exact) mass is 363 g/mol. The lowest BCUT2D eigenvalue weighted by atomic mass is 10.1. The molecule has 0 saturated carbocycles. The summed E-state index contributed by atoms with van der Waals surface area (Å²) >= 11 is 5.90. The fourth-order valence-corrected chi connectivity index (χ4v) is 2.73. The van der Waals surface area contributed by atoms with Crippen LogP contribution in [0.3, 0.4) is 0 Å². The van der Waals surface area contributed by atoms with E-state index >= 15 is 0 Å². The number of hydrogen-bond donors (Lipinski definition) is 0. The Bertz CT molecular complexity index is 706. The highest BCUT2D eigenvalue weighted by Crippen LogP contribution is 2.35. The zero-order chi connectivity index (χ0) is 18.2. The van der Waals surface area contributed by atoms with Crippen LogP contribution >= 0.6 is 11.6 Å². The molecule has 2 aromatic rings. The van der Waals surface area contributed by atoms with Crippen LogP contribution in [0.25, 0.3) is 0 Å². The van der Waals surface area contributed by atoms with E-state index in [1.54, 1.807) is 17.0 Å². The Labute approximate surface area is 153 Å². The molecule has 0 aliphatic carbocycles. The van der Waals surface area contributed by atoms with Gasteiger partial charge in [0.1, 0.15) is 5.75 Å². The normalized spacial score (nSPS) is 10.2. The number of ether oxygens (including phenoxy) is 3. The van der Waals surface area contributed by atoms with Crippen molar-refractivity contribution in [3.8, 4) is 17.2 Å². The quantitative estimate of drug-likeness (QED) is 0.672. The number of halogens is 1. The molecule has 0 N–H and O–H groups in total. The highest BCUT2D eigenvalue weighted by atomic mass is 35.5. The molecule has 0 aromatic heterocycles. The first-order chi connectivity index (χ1) is 12.1. The average molecular weight is 364 g/mol. The Morgan fingerprint density at radius 1 is 0.960 bits per heavy atom. The number of rotatable bonds is 8. The third kappa shape index (κ3) is 4.57. The molecule has 0 atom stereocenters. The molecule has 0 saturated heterocycles. The minimum Gasteiger partial charge on any atom is -0.496 e. The third-order valence-electron chi connectivity index (χ3n) is 3.79. The molecule has 2 aromatic carbocycles. The zero-order valence-corrected chi connectivity index (χ0v) is 15.4. The molecule has 1 amide bonds. The topological polar surface area (TPSA) is 48.0 Å². The van der Waals surface area contributed by atoms with Crippen molar-refractivity contribution in [2.75, 3.05) is 33.8 Å². The van der Waals surface area contributed by atoms with Gasteiger partial charge in [-0.2, -0.15) is 0 Å². The van der Waals surface area contributed by atoms with Gasteiger partial charge in [-0.05, 0) is 5.56 Å². The Kier molecular flexibility index (Phi) is 6.95. The van der Waals surface area contributed by atoms with Crippen LogP contribution in [-0.4, -0.2) is 44.6 Å². The maximum absolute atomic E-state index is 13.1. The Morgan fingerprint density at radius 2 is 1.56 bits per heavy atom. The lowest BCUT2D eigenvalue weighted by molar-refractivity contribution is 0.0750. The molecule has 0 unspecified atom stereocenters. The van der Waals surface area contributed by atoms with Crippen LogP contribution in [0.15, 0.2) is 42.5 Å². The van der Waals surface area contributed by atoms with Crippen molar-refractivity contribution in [2.45, 2.75) is 6.54 Å². The maximum Gasteiger partial charge on any atom is 0.258 e. The second-order valence-electron chi connectivity index (χ2n) is 5.31. The first-order valence-corrected chi connectivity index (χ1v) is 8.37. The third-order valence-corrected chi connectivity index (χ3v) is 3.96. The van der Waals surface area contributed by atoms with E-state index in [0.717, 1.165) is 5.56 Å². The van der Waals surface area contributed by atoms with Crippen molar-refractivity contribution >= 4 is 17.5 Å². The Balaban J connectivity index is 2.37. The van der Waals surface area contributed by atoms with E-state index in [-0.39, 0.29) is 5.91 Å². The van der Waals surface area contributed by atoms with Gasteiger partial charge >= 0.3 is 0 Å². The van der Waals surface area contributed by atoms with Gasteiger partial charge in [0, 0.05) is 31.1 Å². The number of nitrogens with zero attached hydrogens (tertiary/aromatic N) is 1. The van der Waals surface area contributed by atoms with Gasteiger partial charge < -0.3 is 19.1 Å². The Morgan fingerprint density at radius 3 is 2.12 bits per heavy atom. The van der Waals surface area contributed by atoms with Crippen LogP contribution in [-0.2, 0) is 6.54 Å². The second kappa shape index (κ2) is 9.18.